The molecule has 1 aromatic carbocycles. The monoisotopic (exact) mass is 293 g/mol. The van der Waals surface area contributed by atoms with Crippen molar-refractivity contribution in [3.63, 3.8) is 0 Å². The summed E-state index contributed by atoms with van der Waals surface area (Å²) in [6.07, 6.45) is -1.12. The van der Waals surface area contributed by atoms with Crippen LogP contribution in [0.5, 0.6) is 0 Å². The zero-order valence-corrected chi connectivity index (χ0v) is 11.9. The SMILES string of the molecule is CCNc1ncc(C(=O)N(C)CC(F)F)c2ccccc12. The molecule has 1 aromatic heterocycles. The Kier molecular flexibility index (Phi) is 4.67. The van der Waals surface area contributed by atoms with Gasteiger partial charge in [-0.15, -0.1) is 0 Å². The van der Waals surface area contributed by atoms with Gasteiger partial charge in [-0.25, -0.2) is 13.8 Å². The minimum absolute atomic E-state index is 0.329. The molecule has 2 aromatic rings. The van der Waals surface area contributed by atoms with Gasteiger partial charge in [0.05, 0.1) is 12.1 Å². The van der Waals surface area contributed by atoms with Crippen molar-refractivity contribution in [2.45, 2.75) is 13.3 Å². The van der Waals surface area contributed by atoms with Gasteiger partial charge in [-0.1, -0.05) is 24.3 Å². The zero-order chi connectivity index (χ0) is 15.4. The van der Waals surface area contributed by atoms with Gasteiger partial charge in [0, 0.05) is 25.2 Å². The molecule has 0 aliphatic rings. The van der Waals surface area contributed by atoms with Crippen LogP contribution in [0.15, 0.2) is 30.5 Å². The molecule has 112 valence electrons. The van der Waals surface area contributed by atoms with Crippen LogP contribution in [0.1, 0.15) is 17.3 Å². The molecule has 0 saturated carbocycles. The molecule has 21 heavy (non-hydrogen) atoms. The van der Waals surface area contributed by atoms with E-state index in [9.17, 15) is 13.6 Å². The lowest BCUT2D eigenvalue weighted by Crippen LogP contribution is -2.31. The van der Waals surface area contributed by atoms with Gasteiger partial charge in [-0.05, 0) is 12.3 Å². The van der Waals surface area contributed by atoms with E-state index < -0.39 is 18.9 Å². The number of nitrogens with one attached hydrogen (secondary N) is 1. The lowest BCUT2D eigenvalue weighted by atomic mass is 10.1. The second kappa shape index (κ2) is 6.47. The van der Waals surface area contributed by atoms with Gasteiger partial charge in [-0.2, -0.15) is 0 Å². The third-order valence-corrected chi connectivity index (χ3v) is 3.13. The summed E-state index contributed by atoms with van der Waals surface area (Å²) < 4.78 is 24.8. The molecule has 0 atom stereocenters. The number of benzene rings is 1. The third-order valence-electron chi connectivity index (χ3n) is 3.13. The number of pyridine rings is 1. The average Bonchev–Trinajstić information content (AvgIpc) is 2.46. The first-order valence-electron chi connectivity index (χ1n) is 6.69. The molecule has 6 heteroatoms. The van der Waals surface area contributed by atoms with Gasteiger partial charge >= 0.3 is 0 Å². The van der Waals surface area contributed by atoms with E-state index in [-0.39, 0.29) is 0 Å². The maximum absolute atomic E-state index is 12.4. The molecule has 0 saturated heterocycles. The van der Waals surface area contributed by atoms with E-state index >= 15 is 0 Å². The topological polar surface area (TPSA) is 45.2 Å². The molecule has 0 spiro atoms. The molecule has 1 heterocycles. The van der Waals surface area contributed by atoms with Crippen molar-refractivity contribution in [1.29, 1.82) is 0 Å². The standard InChI is InChI=1S/C15H17F2N3O/c1-3-18-14-11-7-5-4-6-10(11)12(8-19-14)15(21)20(2)9-13(16)17/h4-8,13H,3,9H2,1-2H3,(H,18,19). The predicted molar refractivity (Wildman–Crippen MR) is 78.9 cm³/mol. The van der Waals surface area contributed by atoms with Gasteiger partial charge in [-0.3, -0.25) is 4.79 Å². The number of hydrogen-bond donors (Lipinski definition) is 1. The Bertz CT molecular complexity index is 646. The van der Waals surface area contributed by atoms with Crippen LogP contribution in [0.2, 0.25) is 0 Å². The molecule has 0 aliphatic heterocycles. The number of carbonyl (C=O) groups excluding carboxylic acids is 1. The minimum atomic E-state index is -2.56. The van der Waals surface area contributed by atoms with Crippen LogP contribution < -0.4 is 5.32 Å². The number of halogens is 2. The maximum atomic E-state index is 12.4. The molecule has 0 aliphatic carbocycles. The fraction of sp³-hybridized carbons (Fsp3) is 0.333. The van der Waals surface area contributed by atoms with Gasteiger partial charge in [0.1, 0.15) is 5.82 Å². The van der Waals surface area contributed by atoms with E-state index in [1.807, 2.05) is 25.1 Å². The summed E-state index contributed by atoms with van der Waals surface area (Å²) >= 11 is 0. The number of fused-ring (bicyclic) bond motifs is 1. The molecule has 0 fully saturated rings. The first kappa shape index (κ1) is 15.2. The van der Waals surface area contributed by atoms with Gasteiger partial charge in [0.25, 0.3) is 12.3 Å². The molecule has 0 bridgehead atoms. The van der Waals surface area contributed by atoms with Crippen LogP contribution >= 0.6 is 0 Å². The highest BCUT2D eigenvalue weighted by Gasteiger charge is 2.19. The van der Waals surface area contributed by atoms with E-state index in [0.29, 0.717) is 23.3 Å². The Morgan fingerprint density at radius 2 is 2.00 bits per heavy atom. The molecule has 4 nitrogen and oxygen atoms in total. The number of anilines is 1. The molecule has 2 rings (SSSR count). The van der Waals surface area contributed by atoms with Crippen LogP contribution in [0.3, 0.4) is 0 Å². The van der Waals surface area contributed by atoms with Crippen LogP contribution in [0.25, 0.3) is 10.8 Å². The summed E-state index contributed by atoms with van der Waals surface area (Å²) in [6.45, 7) is 2.06. The predicted octanol–water partition coefficient (Wildman–Crippen LogP) is 3.00. The van der Waals surface area contributed by atoms with Crippen LogP contribution in [0.4, 0.5) is 14.6 Å². The normalized spacial score (nSPS) is 10.9. The van der Waals surface area contributed by atoms with Gasteiger partial charge in [0.2, 0.25) is 0 Å². The van der Waals surface area contributed by atoms with Crippen molar-refractivity contribution in [2.75, 3.05) is 25.5 Å². The highest BCUT2D eigenvalue weighted by atomic mass is 19.3. The fourth-order valence-electron chi connectivity index (χ4n) is 2.17. The summed E-state index contributed by atoms with van der Waals surface area (Å²) in [5.41, 5.74) is 0.329. The zero-order valence-electron chi connectivity index (χ0n) is 11.9. The molecular weight excluding hydrogens is 276 g/mol. The largest absolute Gasteiger partial charge is 0.370 e. The van der Waals surface area contributed by atoms with Crippen LogP contribution in [-0.2, 0) is 0 Å². The summed E-state index contributed by atoms with van der Waals surface area (Å²) in [7, 11) is 1.36. The molecule has 1 N–H and O–H groups in total. The van der Waals surface area contributed by atoms with Crippen molar-refractivity contribution in [3.05, 3.63) is 36.0 Å². The maximum Gasteiger partial charge on any atom is 0.255 e. The second-order valence-corrected chi connectivity index (χ2v) is 4.67. The lowest BCUT2D eigenvalue weighted by Gasteiger charge is -2.18. The number of alkyl halides is 2. The van der Waals surface area contributed by atoms with Crippen molar-refractivity contribution in [2.24, 2.45) is 0 Å². The summed E-state index contributed by atoms with van der Waals surface area (Å²) in [5, 5.41) is 4.63. The van der Waals surface area contributed by atoms with Gasteiger partial charge in [0.15, 0.2) is 0 Å². The number of hydrogen-bond acceptors (Lipinski definition) is 3. The van der Waals surface area contributed by atoms with E-state index in [4.69, 9.17) is 0 Å². The van der Waals surface area contributed by atoms with Crippen LogP contribution in [-0.4, -0.2) is 42.4 Å². The average molecular weight is 293 g/mol. The lowest BCUT2D eigenvalue weighted by molar-refractivity contribution is 0.0621. The van der Waals surface area contributed by atoms with E-state index in [0.717, 1.165) is 10.3 Å². The molecule has 1 amide bonds. The molecule has 0 unspecified atom stereocenters. The summed E-state index contributed by atoms with van der Waals surface area (Å²) in [6, 6.07) is 7.30. The van der Waals surface area contributed by atoms with Crippen molar-refractivity contribution < 1.29 is 13.6 Å². The molecular formula is C15H17F2N3O. The Morgan fingerprint density at radius 3 is 2.62 bits per heavy atom. The number of carbonyl (C=O) groups is 1. The number of amides is 1. The quantitative estimate of drug-likeness (QED) is 0.921. The highest BCUT2D eigenvalue weighted by molar-refractivity contribution is 6.09. The van der Waals surface area contributed by atoms with Crippen molar-refractivity contribution >= 4 is 22.5 Å². The van der Waals surface area contributed by atoms with Gasteiger partial charge < -0.3 is 10.2 Å². The second-order valence-electron chi connectivity index (χ2n) is 4.67. The number of nitrogens with zero attached hydrogens (tertiary/aromatic N) is 2. The smallest absolute Gasteiger partial charge is 0.255 e. The minimum Gasteiger partial charge on any atom is -0.370 e. The van der Waals surface area contributed by atoms with Crippen molar-refractivity contribution in [3.8, 4) is 0 Å². The first-order chi connectivity index (χ1) is 10.0. The summed E-state index contributed by atoms with van der Waals surface area (Å²) in [5.74, 6) is 0.225. The van der Waals surface area contributed by atoms with E-state index in [1.165, 1.54) is 13.2 Å². The van der Waals surface area contributed by atoms with Crippen molar-refractivity contribution in [1.82, 2.24) is 9.88 Å². The Morgan fingerprint density at radius 1 is 1.33 bits per heavy atom. The van der Waals surface area contributed by atoms with E-state index in [1.54, 1.807) is 6.07 Å². The molecule has 0 radical (unpaired) electrons. The Hall–Kier alpha value is -2.24. The number of aromatic nitrogens is 1. The highest BCUT2D eigenvalue weighted by Crippen LogP contribution is 2.25. The third kappa shape index (κ3) is 3.26. The Labute approximate surface area is 121 Å². The summed E-state index contributed by atoms with van der Waals surface area (Å²) in [4.78, 5) is 17.5. The Balaban J connectivity index is 2.45. The van der Waals surface area contributed by atoms with Crippen LogP contribution in [0, 0.1) is 0 Å². The van der Waals surface area contributed by atoms with E-state index in [2.05, 4.69) is 10.3 Å². The first-order valence-corrected chi connectivity index (χ1v) is 6.69. The fourth-order valence-corrected chi connectivity index (χ4v) is 2.17. The number of rotatable bonds is 5.